The van der Waals surface area contributed by atoms with E-state index in [4.69, 9.17) is 21.0 Å². The molecule has 0 bridgehead atoms. The molecule has 6 nitrogen and oxygen atoms in total. The van der Waals surface area contributed by atoms with Gasteiger partial charge in [-0.05, 0) is 31.5 Å². The summed E-state index contributed by atoms with van der Waals surface area (Å²) in [6, 6.07) is 9.87. The van der Waals surface area contributed by atoms with Crippen molar-refractivity contribution in [2.45, 2.75) is 25.3 Å². The number of hydrogen-bond acceptors (Lipinski definition) is 5. The van der Waals surface area contributed by atoms with Gasteiger partial charge in [0.2, 0.25) is 0 Å². The Labute approximate surface area is 122 Å². The van der Waals surface area contributed by atoms with Gasteiger partial charge >= 0.3 is 11.6 Å². The molecule has 1 heterocycles. The van der Waals surface area contributed by atoms with Gasteiger partial charge in [-0.1, -0.05) is 24.6 Å². The molecular formula is C15H20N2O4. The summed E-state index contributed by atoms with van der Waals surface area (Å²) in [6.45, 7) is 0.604. The van der Waals surface area contributed by atoms with E-state index in [9.17, 15) is 9.59 Å². The Morgan fingerprint density at radius 2 is 1.90 bits per heavy atom. The number of carbonyl (C=O) groups is 1. The summed E-state index contributed by atoms with van der Waals surface area (Å²) >= 11 is 0. The van der Waals surface area contributed by atoms with Crippen LogP contribution in [0.3, 0.4) is 0 Å². The zero-order valence-corrected chi connectivity index (χ0v) is 11.7. The lowest BCUT2D eigenvalue weighted by Gasteiger charge is -2.03. The second-order valence-electron chi connectivity index (χ2n) is 4.52. The van der Waals surface area contributed by atoms with Gasteiger partial charge in [0.05, 0.1) is 0 Å². The molecular weight excluding hydrogens is 272 g/mol. The lowest BCUT2D eigenvalue weighted by molar-refractivity contribution is -0.138. The van der Waals surface area contributed by atoms with Crippen molar-refractivity contribution < 1.29 is 14.3 Å². The van der Waals surface area contributed by atoms with Crippen LogP contribution < -0.4 is 17.1 Å². The number of fused-ring (bicyclic) bond motifs is 1. The standard InChI is InChI=1S/C9H6O2.C6H14N2O2/c10-9-6-5-7-3-1-2-4-8(7)11-9;7-4-2-1-3-5(8)6(9)10/h1-6H;5H,1-4,7-8H2,(H,9,10). The average molecular weight is 292 g/mol. The van der Waals surface area contributed by atoms with Crippen molar-refractivity contribution in [2.75, 3.05) is 6.54 Å². The first-order valence-electron chi connectivity index (χ1n) is 6.72. The van der Waals surface area contributed by atoms with Crippen LogP contribution in [0.1, 0.15) is 19.3 Å². The summed E-state index contributed by atoms with van der Waals surface area (Å²) in [5.74, 6) is -0.933. The molecule has 6 heteroatoms. The van der Waals surface area contributed by atoms with E-state index in [1.165, 1.54) is 6.07 Å². The molecule has 0 saturated heterocycles. The Balaban J connectivity index is 0.000000212. The van der Waals surface area contributed by atoms with E-state index in [0.717, 1.165) is 18.2 Å². The molecule has 0 aliphatic heterocycles. The minimum absolute atomic E-state index is 0.302. The highest BCUT2D eigenvalue weighted by Crippen LogP contribution is 2.08. The number of aliphatic carboxylic acids is 1. The van der Waals surface area contributed by atoms with E-state index in [1.807, 2.05) is 18.2 Å². The molecule has 1 unspecified atom stereocenters. The first-order chi connectivity index (χ1) is 10.0. The molecule has 0 aliphatic carbocycles. The van der Waals surface area contributed by atoms with E-state index in [2.05, 4.69) is 0 Å². The fraction of sp³-hybridized carbons (Fsp3) is 0.333. The molecule has 5 N–H and O–H groups in total. The largest absolute Gasteiger partial charge is 0.480 e. The number of para-hydroxylation sites is 1. The molecule has 21 heavy (non-hydrogen) atoms. The summed E-state index contributed by atoms with van der Waals surface area (Å²) < 4.78 is 4.91. The van der Waals surface area contributed by atoms with Gasteiger partial charge < -0.3 is 21.0 Å². The first kappa shape index (κ1) is 16.9. The Kier molecular flexibility index (Phi) is 7.14. The zero-order chi connectivity index (χ0) is 15.7. The Morgan fingerprint density at radius 1 is 1.19 bits per heavy atom. The SMILES string of the molecule is NCCCCC(N)C(=O)O.O=c1ccc2ccccc2o1. The maximum Gasteiger partial charge on any atom is 0.336 e. The number of benzene rings is 1. The molecule has 0 amide bonds. The topological polar surface area (TPSA) is 120 Å². The first-order valence-corrected chi connectivity index (χ1v) is 6.72. The number of unbranched alkanes of at least 4 members (excludes halogenated alkanes) is 1. The Bertz CT molecular complexity index is 624. The average Bonchev–Trinajstić information content (AvgIpc) is 2.47. The van der Waals surface area contributed by atoms with E-state index >= 15 is 0 Å². The highest BCUT2D eigenvalue weighted by molar-refractivity contribution is 5.75. The van der Waals surface area contributed by atoms with Crippen LogP contribution >= 0.6 is 0 Å². The van der Waals surface area contributed by atoms with Crippen molar-refractivity contribution in [1.82, 2.24) is 0 Å². The summed E-state index contributed by atoms with van der Waals surface area (Å²) in [5.41, 5.74) is 10.8. The van der Waals surface area contributed by atoms with Crippen molar-refractivity contribution in [1.29, 1.82) is 0 Å². The van der Waals surface area contributed by atoms with Crippen molar-refractivity contribution in [3.05, 3.63) is 46.8 Å². The zero-order valence-electron chi connectivity index (χ0n) is 11.7. The lowest BCUT2D eigenvalue weighted by atomic mass is 10.1. The van der Waals surface area contributed by atoms with Gasteiger partial charge in [0, 0.05) is 11.5 Å². The Morgan fingerprint density at radius 3 is 2.57 bits per heavy atom. The van der Waals surface area contributed by atoms with Crippen LogP contribution in [0.4, 0.5) is 0 Å². The lowest BCUT2D eigenvalue weighted by Crippen LogP contribution is -2.29. The van der Waals surface area contributed by atoms with Crippen LogP contribution in [0.5, 0.6) is 0 Å². The van der Waals surface area contributed by atoms with Crippen molar-refractivity contribution in [2.24, 2.45) is 11.5 Å². The highest BCUT2D eigenvalue weighted by Gasteiger charge is 2.09. The summed E-state index contributed by atoms with van der Waals surface area (Å²) in [7, 11) is 0. The minimum Gasteiger partial charge on any atom is -0.480 e. The maximum absolute atomic E-state index is 10.7. The molecule has 1 atom stereocenters. The van der Waals surface area contributed by atoms with Crippen molar-refractivity contribution in [3.63, 3.8) is 0 Å². The molecule has 0 radical (unpaired) electrons. The predicted molar refractivity (Wildman–Crippen MR) is 81.0 cm³/mol. The van der Waals surface area contributed by atoms with E-state index in [1.54, 1.807) is 12.1 Å². The molecule has 0 aliphatic rings. The van der Waals surface area contributed by atoms with Crippen molar-refractivity contribution in [3.8, 4) is 0 Å². The number of hydrogen-bond donors (Lipinski definition) is 3. The maximum atomic E-state index is 10.7. The summed E-state index contributed by atoms with van der Waals surface area (Å²) in [5, 5.41) is 9.28. The smallest absolute Gasteiger partial charge is 0.336 e. The molecule has 1 aromatic carbocycles. The van der Waals surface area contributed by atoms with E-state index in [-0.39, 0.29) is 5.63 Å². The van der Waals surface area contributed by atoms with Gasteiger partial charge in [-0.15, -0.1) is 0 Å². The second kappa shape index (κ2) is 8.89. The predicted octanol–water partition coefficient (Wildman–Crippen LogP) is 1.32. The highest BCUT2D eigenvalue weighted by atomic mass is 16.4. The van der Waals surface area contributed by atoms with Crippen LogP contribution in [-0.4, -0.2) is 23.7 Å². The molecule has 0 spiro atoms. The molecule has 2 rings (SSSR count). The van der Waals surface area contributed by atoms with Crippen LogP contribution in [0.25, 0.3) is 11.0 Å². The van der Waals surface area contributed by atoms with Gasteiger partial charge in [-0.25, -0.2) is 4.79 Å². The summed E-state index contributed by atoms with van der Waals surface area (Å²) in [6.07, 6.45) is 2.16. The monoisotopic (exact) mass is 292 g/mol. The van der Waals surface area contributed by atoms with Crippen LogP contribution in [0.2, 0.25) is 0 Å². The fourth-order valence-corrected chi connectivity index (χ4v) is 1.64. The molecule has 0 saturated carbocycles. The van der Waals surface area contributed by atoms with Gasteiger partial charge in [0.1, 0.15) is 11.6 Å². The van der Waals surface area contributed by atoms with E-state index in [0.29, 0.717) is 18.5 Å². The number of carboxylic acid groups (broad SMARTS) is 1. The third-order valence-corrected chi connectivity index (χ3v) is 2.81. The van der Waals surface area contributed by atoms with Gasteiger partial charge in [-0.2, -0.15) is 0 Å². The number of rotatable bonds is 5. The third kappa shape index (κ3) is 6.20. The molecule has 114 valence electrons. The second-order valence-corrected chi connectivity index (χ2v) is 4.52. The quantitative estimate of drug-likeness (QED) is 0.564. The van der Waals surface area contributed by atoms with Crippen LogP contribution in [0, 0.1) is 0 Å². The van der Waals surface area contributed by atoms with Gasteiger partial charge in [0.25, 0.3) is 0 Å². The van der Waals surface area contributed by atoms with Crippen molar-refractivity contribution >= 4 is 16.9 Å². The Hall–Kier alpha value is -2.18. The van der Waals surface area contributed by atoms with Crippen LogP contribution in [-0.2, 0) is 4.79 Å². The molecule has 2 aromatic rings. The van der Waals surface area contributed by atoms with Gasteiger partial charge in [0.15, 0.2) is 0 Å². The van der Waals surface area contributed by atoms with Crippen LogP contribution in [0.15, 0.2) is 45.6 Å². The number of carboxylic acids is 1. The third-order valence-electron chi connectivity index (χ3n) is 2.81. The number of nitrogens with two attached hydrogens (primary N) is 2. The molecule has 1 aromatic heterocycles. The normalized spacial score (nSPS) is 11.5. The fourth-order valence-electron chi connectivity index (χ4n) is 1.64. The van der Waals surface area contributed by atoms with Gasteiger partial charge in [-0.3, -0.25) is 4.79 Å². The molecule has 0 fully saturated rings. The van der Waals surface area contributed by atoms with E-state index < -0.39 is 12.0 Å². The summed E-state index contributed by atoms with van der Waals surface area (Å²) in [4.78, 5) is 20.9. The minimum atomic E-state index is -0.933.